The van der Waals surface area contributed by atoms with Crippen molar-refractivity contribution in [2.75, 3.05) is 6.61 Å². The first-order valence-corrected chi connectivity index (χ1v) is 15.8. The van der Waals surface area contributed by atoms with Gasteiger partial charge in [0.1, 0.15) is 11.7 Å². The molecule has 2 N–H and O–H groups in total. The van der Waals surface area contributed by atoms with Gasteiger partial charge in [0.25, 0.3) is 0 Å². The molecule has 1 unspecified atom stereocenters. The molecule has 1 spiro atoms. The number of hydrogen-bond acceptors (Lipinski definition) is 8. The van der Waals surface area contributed by atoms with Crippen LogP contribution in [0.5, 0.6) is 0 Å². The van der Waals surface area contributed by atoms with Crippen LogP contribution in [0.15, 0.2) is 11.1 Å². The summed E-state index contributed by atoms with van der Waals surface area (Å²) in [5.74, 6) is -1.35. The Morgan fingerprint density at radius 3 is 2.35 bits per heavy atom. The molecule has 5 aliphatic rings. The highest BCUT2D eigenvalue weighted by atomic mass is 28.4. The van der Waals surface area contributed by atoms with Crippen molar-refractivity contribution in [3.05, 3.63) is 11.1 Å². The smallest absolute Gasteiger partial charge is 0.426 e. The van der Waals surface area contributed by atoms with Crippen molar-refractivity contribution >= 4 is 20.3 Å². The lowest BCUT2D eigenvalue weighted by Gasteiger charge is -2.66. The highest BCUT2D eigenvalue weighted by Gasteiger charge is 2.78. The van der Waals surface area contributed by atoms with Crippen LogP contribution >= 0.6 is 0 Å². The molecule has 3 aliphatic carbocycles. The Bertz CT molecular complexity index is 984. The van der Waals surface area contributed by atoms with E-state index in [1.165, 1.54) is 0 Å². The van der Waals surface area contributed by atoms with Gasteiger partial charge in [-0.1, -0.05) is 27.7 Å². The first-order chi connectivity index (χ1) is 15.5. The van der Waals surface area contributed by atoms with Gasteiger partial charge in [0.05, 0.1) is 18.8 Å². The van der Waals surface area contributed by atoms with Gasteiger partial charge in [0, 0.05) is 23.2 Å². The SMILES string of the molecule is CC1=C2[C@@H](O)C(=O)[C@@]3(C)[C@H](C4OC(=O)O[C@@]4(C[C@@H]1O[Si](C)(C)C)C2(C)C)[C@]1(O)CO[C@@H]1C[C@@H]3C. The van der Waals surface area contributed by atoms with Gasteiger partial charge in [-0.3, -0.25) is 4.79 Å². The number of ketones is 1. The second-order valence-electron chi connectivity index (χ2n) is 12.9. The molecule has 2 aliphatic heterocycles. The average molecular weight is 495 g/mol. The minimum Gasteiger partial charge on any atom is -0.426 e. The fraction of sp³-hybridized carbons (Fsp3) is 0.840. The fourth-order valence-corrected chi connectivity index (χ4v) is 8.94. The summed E-state index contributed by atoms with van der Waals surface area (Å²) in [4.78, 5) is 27.1. The summed E-state index contributed by atoms with van der Waals surface area (Å²) in [6.45, 7) is 15.7. The Labute approximate surface area is 202 Å². The van der Waals surface area contributed by atoms with Gasteiger partial charge >= 0.3 is 6.16 Å². The third kappa shape index (κ3) is 2.79. The number of Topliss-reactive ketones (excluding diaryl/α,β-unsaturated/α-hetero) is 1. The van der Waals surface area contributed by atoms with E-state index in [9.17, 15) is 19.8 Å². The van der Waals surface area contributed by atoms with Gasteiger partial charge in [-0.05, 0) is 50.0 Å². The molecule has 34 heavy (non-hydrogen) atoms. The Kier molecular flexibility index (Phi) is 4.99. The van der Waals surface area contributed by atoms with Crippen LogP contribution in [-0.4, -0.2) is 72.7 Å². The van der Waals surface area contributed by atoms with E-state index in [0.29, 0.717) is 18.4 Å². The minimum atomic E-state index is -2.05. The Morgan fingerprint density at radius 2 is 1.79 bits per heavy atom. The molecule has 9 heteroatoms. The van der Waals surface area contributed by atoms with Crippen molar-refractivity contribution < 1.29 is 38.4 Å². The van der Waals surface area contributed by atoms with Gasteiger partial charge in [0.15, 0.2) is 25.8 Å². The molecule has 9 atom stereocenters. The second-order valence-corrected chi connectivity index (χ2v) is 17.3. The van der Waals surface area contributed by atoms with Crippen LogP contribution in [0.2, 0.25) is 19.6 Å². The molecule has 2 saturated carbocycles. The van der Waals surface area contributed by atoms with Crippen molar-refractivity contribution in [3.63, 3.8) is 0 Å². The standard InChI is InChI=1S/C25H38O8Si/c1-12-9-15-24(29,11-30-15)18-20-25(32-21(28)31-20)10-14(33-34(6,7)8)13(2)16(22(25,3)4)17(26)19(27)23(12,18)5/h12,14-15,17-18,20,26,29H,9-11H2,1-8H3/t12-,14-,15+,17+,18-,20?,23+,24-,25+/m0/s1. The highest BCUT2D eigenvalue weighted by molar-refractivity contribution is 6.69. The topological polar surface area (TPSA) is 112 Å². The summed E-state index contributed by atoms with van der Waals surface area (Å²) in [7, 11) is -2.05. The molecule has 0 aromatic heterocycles. The summed E-state index contributed by atoms with van der Waals surface area (Å²) in [6, 6.07) is 0. The number of carbonyl (C=O) groups excluding carboxylic acids is 2. The molecule has 2 heterocycles. The lowest BCUT2D eigenvalue weighted by molar-refractivity contribution is -0.327. The van der Waals surface area contributed by atoms with E-state index >= 15 is 0 Å². The predicted molar refractivity (Wildman–Crippen MR) is 124 cm³/mol. The van der Waals surface area contributed by atoms with Gasteiger partial charge < -0.3 is 28.8 Å². The fourth-order valence-electron chi connectivity index (χ4n) is 7.82. The van der Waals surface area contributed by atoms with E-state index in [1.54, 1.807) is 6.92 Å². The molecule has 2 bridgehead atoms. The van der Waals surface area contributed by atoms with Gasteiger partial charge in [0.2, 0.25) is 0 Å². The lowest BCUT2D eigenvalue weighted by Crippen LogP contribution is -2.79. The number of aliphatic hydroxyl groups is 2. The van der Waals surface area contributed by atoms with Crippen molar-refractivity contribution in [2.45, 2.75) is 103 Å². The number of fused-ring (bicyclic) bond motifs is 5. The average Bonchev–Trinajstić information content (AvgIpc) is 3.02. The minimum absolute atomic E-state index is 0.0507. The Balaban J connectivity index is 1.80. The highest BCUT2D eigenvalue weighted by Crippen LogP contribution is 2.66. The van der Waals surface area contributed by atoms with E-state index in [2.05, 4.69) is 19.6 Å². The number of rotatable bonds is 2. The summed E-state index contributed by atoms with van der Waals surface area (Å²) in [5, 5.41) is 23.6. The largest absolute Gasteiger partial charge is 0.509 e. The van der Waals surface area contributed by atoms with Crippen molar-refractivity contribution in [1.82, 2.24) is 0 Å². The molecule has 0 radical (unpaired) electrons. The van der Waals surface area contributed by atoms with E-state index < -0.39 is 66.8 Å². The molecule has 8 nitrogen and oxygen atoms in total. The molecule has 2 saturated heterocycles. The Morgan fingerprint density at radius 1 is 1.15 bits per heavy atom. The van der Waals surface area contributed by atoms with Gasteiger partial charge in [-0.25, -0.2) is 4.79 Å². The first-order valence-electron chi connectivity index (χ1n) is 12.4. The number of carbonyl (C=O) groups is 2. The molecule has 190 valence electrons. The number of hydrogen-bond donors (Lipinski definition) is 2. The van der Waals surface area contributed by atoms with Gasteiger partial charge in [-0.15, -0.1) is 0 Å². The molecule has 5 rings (SSSR count). The van der Waals surface area contributed by atoms with Crippen LogP contribution in [0.1, 0.15) is 47.5 Å². The molecular formula is C25H38O8Si. The normalized spacial score (nSPS) is 49.6. The predicted octanol–water partition coefficient (Wildman–Crippen LogP) is 2.96. The maximum absolute atomic E-state index is 14.2. The summed E-state index contributed by atoms with van der Waals surface area (Å²) in [6.07, 6.45) is -3.20. The maximum Gasteiger partial charge on any atom is 0.509 e. The lowest BCUT2D eigenvalue weighted by atomic mass is 9.43. The number of ether oxygens (including phenoxy) is 3. The van der Waals surface area contributed by atoms with Crippen molar-refractivity contribution in [2.24, 2.45) is 22.7 Å². The third-order valence-electron chi connectivity index (χ3n) is 9.78. The Hall–Kier alpha value is -1.26. The van der Waals surface area contributed by atoms with Crippen LogP contribution in [0.3, 0.4) is 0 Å². The van der Waals surface area contributed by atoms with Crippen LogP contribution in [0.4, 0.5) is 4.79 Å². The second kappa shape index (κ2) is 6.94. The molecule has 0 aromatic rings. The molecular weight excluding hydrogens is 456 g/mol. The van der Waals surface area contributed by atoms with E-state index in [4.69, 9.17) is 18.6 Å². The van der Waals surface area contributed by atoms with E-state index in [-0.39, 0.29) is 18.3 Å². The quantitative estimate of drug-likeness (QED) is 0.342. The van der Waals surface area contributed by atoms with Crippen LogP contribution in [-0.2, 0) is 23.4 Å². The molecule has 4 fully saturated rings. The zero-order chi connectivity index (χ0) is 25.2. The van der Waals surface area contributed by atoms with Gasteiger partial charge in [-0.2, -0.15) is 0 Å². The van der Waals surface area contributed by atoms with E-state index in [1.807, 2.05) is 27.7 Å². The van der Waals surface area contributed by atoms with E-state index in [0.717, 1.165) is 5.57 Å². The number of aliphatic hydroxyl groups excluding tert-OH is 1. The van der Waals surface area contributed by atoms with Crippen LogP contribution in [0, 0.1) is 22.7 Å². The third-order valence-corrected chi connectivity index (χ3v) is 10.8. The first kappa shape index (κ1) is 24.4. The van der Waals surface area contributed by atoms with Crippen molar-refractivity contribution in [3.8, 4) is 0 Å². The summed E-state index contributed by atoms with van der Waals surface area (Å²) in [5.41, 5.74) is -3.30. The van der Waals surface area contributed by atoms with Crippen molar-refractivity contribution in [1.29, 1.82) is 0 Å². The monoisotopic (exact) mass is 494 g/mol. The molecule has 0 aromatic carbocycles. The van der Waals surface area contributed by atoms with Crippen LogP contribution in [0.25, 0.3) is 0 Å². The summed E-state index contributed by atoms with van der Waals surface area (Å²) >= 11 is 0. The maximum atomic E-state index is 14.2. The zero-order valence-corrected chi connectivity index (χ0v) is 22.4. The van der Waals surface area contributed by atoms with Crippen LogP contribution < -0.4 is 0 Å². The summed E-state index contributed by atoms with van der Waals surface area (Å²) < 4.78 is 24.3. The molecule has 0 amide bonds. The zero-order valence-electron chi connectivity index (χ0n) is 21.4.